The summed E-state index contributed by atoms with van der Waals surface area (Å²) in [6, 6.07) is 9.57. The highest BCUT2D eigenvalue weighted by molar-refractivity contribution is 9.11. The summed E-state index contributed by atoms with van der Waals surface area (Å²) in [4.78, 5) is 20.1. The molecule has 1 aromatic carbocycles. The molecule has 1 aromatic heterocycles. The van der Waals surface area contributed by atoms with E-state index in [2.05, 4.69) is 47.1 Å². The van der Waals surface area contributed by atoms with E-state index < -0.39 is 0 Å². The fourth-order valence-electron chi connectivity index (χ4n) is 1.78. The van der Waals surface area contributed by atoms with Crippen molar-refractivity contribution in [3.63, 3.8) is 0 Å². The summed E-state index contributed by atoms with van der Waals surface area (Å²) in [6.07, 6.45) is 2.41. The maximum atomic E-state index is 11.9. The minimum absolute atomic E-state index is 0.140. The quantitative estimate of drug-likeness (QED) is 0.786. The SMILES string of the molecule is NC(CCC(=O)Nc1ncc(Br)nc1Br)c1ccccc1. The third kappa shape index (κ3) is 4.87. The lowest BCUT2D eigenvalue weighted by Crippen LogP contribution is -2.17. The van der Waals surface area contributed by atoms with E-state index in [1.165, 1.54) is 6.20 Å². The number of nitrogens with one attached hydrogen (secondary N) is 1. The van der Waals surface area contributed by atoms with Gasteiger partial charge in [0.1, 0.15) is 9.21 Å². The largest absolute Gasteiger partial charge is 0.324 e. The maximum absolute atomic E-state index is 11.9. The number of anilines is 1. The Morgan fingerprint density at radius 1 is 1.29 bits per heavy atom. The molecule has 0 spiro atoms. The zero-order valence-corrected chi connectivity index (χ0v) is 14.3. The first-order valence-corrected chi connectivity index (χ1v) is 7.93. The van der Waals surface area contributed by atoms with Crippen molar-refractivity contribution in [1.29, 1.82) is 0 Å². The van der Waals surface area contributed by atoms with Crippen molar-refractivity contribution in [3.05, 3.63) is 51.3 Å². The third-order valence-corrected chi connectivity index (χ3v) is 3.80. The van der Waals surface area contributed by atoms with Crippen LogP contribution in [0.15, 0.2) is 45.7 Å². The highest BCUT2D eigenvalue weighted by Gasteiger charge is 2.11. The molecule has 1 amide bonds. The number of aromatic nitrogens is 2. The fourth-order valence-corrected chi connectivity index (χ4v) is 2.69. The number of nitrogens with two attached hydrogens (primary N) is 1. The van der Waals surface area contributed by atoms with Crippen LogP contribution in [0.4, 0.5) is 5.82 Å². The topological polar surface area (TPSA) is 80.9 Å². The molecular formula is C14H14Br2N4O. The maximum Gasteiger partial charge on any atom is 0.225 e. The molecule has 0 aliphatic rings. The van der Waals surface area contributed by atoms with Gasteiger partial charge in [0, 0.05) is 12.5 Å². The van der Waals surface area contributed by atoms with Crippen molar-refractivity contribution < 1.29 is 4.79 Å². The van der Waals surface area contributed by atoms with E-state index in [4.69, 9.17) is 5.73 Å². The zero-order chi connectivity index (χ0) is 15.2. The molecule has 2 rings (SSSR count). The summed E-state index contributed by atoms with van der Waals surface area (Å²) >= 11 is 6.45. The second-order valence-corrected chi connectivity index (χ2v) is 6.00. The number of rotatable bonds is 5. The molecule has 0 saturated carbocycles. The third-order valence-electron chi connectivity index (χ3n) is 2.87. The van der Waals surface area contributed by atoms with Crippen LogP contribution in [-0.4, -0.2) is 15.9 Å². The number of carbonyl (C=O) groups is 1. The van der Waals surface area contributed by atoms with E-state index >= 15 is 0 Å². The van der Waals surface area contributed by atoms with E-state index in [0.29, 0.717) is 27.9 Å². The molecule has 0 radical (unpaired) electrons. The number of amides is 1. The fraction of sp³-hybridized carbons (Fsp3) is 0.214. The van der Waals surface area contributed by atoms with Crippen LogP contribution in [0, 0.1) is 0 Å². The van der Waals surface area contributed by atoms with Crippen LogP contribution in [0.3, 0.4) is 0 Å². The van der Waals surface area contributed by atoms with Gasteiger partial charge in [0.25, 0.3) is 0 Å². The Kier molecular flexibility index (Phi) is 5.84. The average Bonchev–Trinajstić information content (AvgIpc) is 2.48. The van der Waals surface area contributed by atoms with E-state index in [1.807, 2.05) is 30.3 Å². The molecule has 21 heavy (non-hydrogen) atoms. The first kappa shape index (κ1) is 16.1. The van der Waals surface area contributed by atoms with Gasteiger partial charge in [-0.25, -0.2) is 9.97 Å². The Morgan fingerprint density at radius 2 is 2.00 bits per heavy atom. The Bertz CT molecular complexity index is 622. The number of halogens is 2. The number of benzene rings is 1. The first-order chi connectivity index (χ1) is 10.1. The van der Waals surface area contributed by atoms with Crippen molar-refractivity contribution in [1.82, 2.24) is 9.97 Å². The van der Waals surface area contributed by atoms with Gasteiger partial charge in [-0.3, -0.25) is 4.79 Å². The molecule has 0 saturated heterocycles. The number of nitrogens with zero attached hydrogens (tertiary/aromatic N) is 2. The lowest BCUT2D eigenvalue weighted by Gasteiger charge is -2.12. The predicted octanol–water partition coefficient (Wildman–Crippen LogP) is 3.42. The lowest BCUT2D eigenvalue weighted by molar-refractivity contribution is -0.116. The summed E-state index contributed by atoms with van der Waals surface area (Å²) in [6.45, 7) is 0. The first-order valence-electron chi connectivity index (χ1n) is 6.34. The number of hydrogen-bond donors (Lipinski definition) is 2. The Labute approximate surface area is 139 Å². The molecule has 1 heterocycles. The van der Waals surface area contributed by atoms with Crippen LogP contribution < -0.4 is 11.1 Å². The molecule has 0 aliphatic heterocycles. The second-order valence-electron chi connectivity index (χ2n) is 4.44. The number of hydrogen-bond acceptors (Lipinski definition) is 4. The van der Waals surface area contributed by atoms with Crippen molar-refractivity contribution in [3.8, 4) is 0 Å². The molecule has 0 fully saturated rings. The van der Waals surface area contributed by atoms with Gasteiger partial charge in [-0.05, 0) is 43.8 Å². The van der Waals surface area contributed by atoms with Crippen molar-refractivity contribution in [2.45, 2.75) is 18.9 Å². The van der Waals surface area contributed by atoms with E-state index in [-0.39, 0.29) is 11.9 Å². The normalized spacial score (nSPS) is 12.0. The summed E-state index contributed by atoms with van der Waals surface area (Å²) < 4.78 is 1.08. The summed E-state index contributed by atoms with van der Waals surface area (Å²) in [5.41, 5.74) is 7.09. The molecule has 1 atom stereocenters. The highest BCUT2D eigenvalue weighted by atomic mass is 79.9. The summed E-state index contributed by atoms with van der Waals surface area (Å²) in [5.74, 6) is 0.259. The smallest absolute Gasteiger partial charge is 0.225 e. The standard InChI is InChI=1S/C14H14Br2N4O/c15-11-8-18-14(13(16)19-11)20-12(21)7-6-10(17)9-4-2-1-3-5-9/h1-5,8,10H,6-7,17H2,(H,18,20,21). The second kappa shape index (κ2) is 7.63. The van der Waals surface area contributed by atoms with Gasteiger partial charge in [-0.15, -0.1) is 0 Å². The average molecular weight is 414 g/mol. The molecule has 0 bridgehead atoms. The van der Waals surface area contributed by atoms with Crippen molar-refractivity contribution in [2.75, 3.05) is 5.32 Å². The molecule has 3 N–H and O–H groups in total. The molecule has 7 heteroatoms. The van der Waals surface area contributed by atoms with E-state index in [9.17, 15) is 4.79 Å². The Balaban J connectivity index is 1.87. The predicted molar refractivity (Wildman–Crippen MR) is 88.7 cm³/mol. The van der Waals surface area contributed by atoms with Gasteiger partial charge in [0.2, 0.25) is 5.91 Å². The van der Waals surface area contributed by atoms with Crippen LogP contribution in [0.25, 0.3) is 0 Å². The molecule has 110 valence electrons. The summed E-state index contributed by atoms with van der Waals surface area (Å²) in [5, 5.41) is 2.71. The van der Waals surface area contributed by atoms with E-state index in [0.717, 1.165) is 5.56 Å². The minimum atomic E-state index is -0.156. The van der Waals surface area contributed by atoms with Crippen molar-refractivity contribution >= 4 is 43.6 Å². The molecule has 5 nitrogen and oxygen atoms in total. The Hall–Kier alpha value is -1.31. The van der Waals surface area contributed by atoms with Gasteiger partial charge in [-0.2, -0.15) is 0 Å². The highest BCUT2D eigenvalue weighted by Crippen LogP contribution is 2.20. The van der Waals surface area contributed by atoms with Gasteiger partial charge in [0.05, 0.1) is 6.20 Å². The van der Waals surface area contributed by atoms with Crippen LogP contribution in [0.1, 0.15) is 24.4 Å². The molecule has 0 aliphatic carbocycles. The van der Waals surface area contributed by atoms with Crippen LogP contribution in [-0.2, 0) is 4.79 Å². The van der Waals surface area contributed by atoms with Crippen molar-refractivity contribution in [2.24, 2.45) is 5.73 Å². The zero-order valence-electron chi connectivity index (χ0n) is 11.1. The van der Waals surface area contributed by atoms with Crippen LogP contribution >= 0.6 is 31.9 Å². The van der Waals surface area contributed by atoms with Gasteiger partial charge in [0.15, 0.2) is 5.82 Å². The summed E-state index contributed by atoms with van der Waals surface area (Å²) in [7, 11) is 0. The molecule has 1 unspecified atom stereocenters. The van der Waals surface area contributed by atoms with Crippen LogP contribution in [0.2, 0.25) is 0 Å². The minimum Gasteiger partial charge on any atom is -0.324 e. The number of carbonyl (C=O) groups excluding carboxylic acids is 1. The van der Waals surface area contributed by atoms with Gasteiger partial charge >= 0.3 is 0 Å². The monoisotopic (exact) mass is 412 g/mol. The Morgan fingerprint density at radius 3 is 2.67 bits per heavy atom. The molecular weight excluding hydrogens is 400 g/mol. The van der Waals surface area contributed by atoms with Gasteiger partial charge < -0.3 is 11.1 Å². The van der Waals surface area contributed by atoms with E-state index in [1.54, 1.807) is 0 Å². The van der Waals surface area contributed by atoms with Gasteiger partial charge in [-0.1, -0.05) is 30.3 Å². The lowest BCUT2D eigenvalue weighted by atomic mass is 10.0. The van der Waals surface area contributed by atoms with Crippen LogP contribution in [0.5, 0.6) is 0 Å². The molecule has 2 aromatic rings.